The maximum absolute atomic E-state index is 12.3. The van der Waals surface area contributed by atoms with Gasteiger partial charge in [0.25, 0.3) is 0 Å². The lowest BCUT2D eigenvalue weighted by molar-refractivity contribution is 0.271. The molecule has 1 fully saturated rings. The quantitative estimate of drug-likeness (QED) is 0.756. The van der Waals surface area contributed by atoms with E-state index in [1.165, 1.54) is 5.56 Å². The summed E-state index contributed by atoms with van der Waals surface area (Å²) in [7, 11) is -3.32. The average Bonchev–Trinajstić information content (AvgIpc) is 2.69. The molecule has 146 valence electrons. The van der Waals surface area contributed by atoms with Crippen LogP contribution in [0.5, 0.6) is 0 Å². The number of aryl methyl sites for hydroxylation is 1. The summed E-state index contributed by atoms with van der Waals surface area (Å²) in [5, 5.41) is 0. The van der Waals surface area contributed by atoms with Gasteiger partial charge in [0.05, 0.1) is 5.75 Å². The van der Waals surface area contributed by atoms with E-state index in [4.69, 9.17) is 0 Å². The van der Waals surface area contributed by atoms with Gasteiger partial charge in [0.1, 0.15) is 0 Å². The first-order valence-corrected chi connectivity index (χ1v) is 11.3. The smallest absolute Gasteiger partial charge is 0.232 e. The number of rotatable bonds is 8. The fourth-order valence-electron chi connectivity index (χ4n) is 3.40. The van der Waals surface area contributed by atoms with Gasteiger partial charge in [-0.1, -0.05) is 37.3 Å². The lowest BCUT2D eigenvalue weighted by Crippen LogP contribution is -2.46. The van der Waals surface area contributed by atoms with Crippen LogP contribution < -0.4 is 9.62 Å². The van der Waals surface area contributed by atoms with Crippen LogP contribution in [-0.2, 0) is 16.4 Å². The Bertz CT molecular complexity index is 799. The number of hydrogen-bond acceptors (Lipinski definition) is 4. The number of nitrogens with one attached hydrogen (secondary N) is 1. The van der Waals surface area contributed by atoms with E-state index >= 15 is 0 Å². The molecule has 0 spiro atoms. The molecule has 6 heteroatoms. The normalized spacial score (nSPS) is 15.7. The summed E-state index contributed by atoms with van der Waals surface area (Å²) in [6, 6.07) is 17.7. The Morgan fingerprint density at radius 1 is 0.926 bits per heavy atom. The first-order chi connectivity index (χ1) is 13.1. The number of nitrogens with zero attached hydrogens (tertiary/aromatic N) is 2. The third-order valence-corrected chi connectivity index (χ3v) is 6.42. The molecule has 2 aromatic carbocycles. The van der Waals surface area contributed by atoms with Crippen LogP contribution in [0.2, 0.25) is 0 Å². The molecule has 0 aromatic heterocycles. The second kappa shape index (κ2) is 9.24. The Balaban J connectivity index is 1.49. The molecule has 0 unspecified atom stereocenters. The van der Waals surface area contributed by atoms with E-state index in [0.29, 0.717) is 12.1 Å². The zero-order valence-corrected chi connectivity index (χ0v) is 16.8. The van der Waals surface area contributed by atoms with Gasteiger partial charge in [-0.25, -0.2) is 8.42 Å². The lowest BCUT2D eigenvalue weighted by atomic mass is 10.1. The first-order valence-electron chi connectivity index (χ1n) is 9.67. The first kappa shape index (κ1) is 19.7. The van der Waals surface area contributed by atoms with E-state index in [9.17, 15) is 8.42 Å². The molecule has 0 radical (unpaired) electrons. The Hall–Kier alpha value is -2.05. The molecule has 5 nitrogen and oxygen atoms in total. The maximum atomic E-state index is 12.3. The number of piperazine rings is 1. The highest BCUT2D eigenvalue weighted by Gasteiger charge is 2.16. The van der Waals surface area contributed by atoms with Crippen molar-refractivity contribution in [2.45, 2.75) is 19.8 Å². The highest BCUT2D eigenvalue weighted by Crippen LogP contribution is 2.20. The van der Waals surface area contributed by atoms with Crippen molar-refractivity contribution in [1.82, 2.24) is 4.90 Å². The summed E-state index contributed by atoms with van der Waals surface area (Å²) in [5.41, 5.74) is 2.95. The zero-order chi connectivity index (χ0) is 19.1. The lowest BCUT2D eigenvalue weighted by Gasteiger charge is -2.35. The van der Waals surface area contributed by atoms with E-state index in [1.54, 1.807) is 0 Å². The standard InChI is InChI=1S/C21H29N3O2S/c1-2-23-14-16-24(17-15-23)21-12-10-20(11-13-21)22-27(25,26)18-6-9-19-7-4-3-5-8-19/h3-5,7-8,10-13,22H,2,6,9,14-18H2,1H3. The predicted molar refractivity (Wildman–Crippen MR) is 113 cm³/mol. The molecule has 1 aliphatic heterocycles. The van der Waals surface area contributed by atoms with Gasteiger partial charge in [0, 0.05) is 37.6 Å². The van der Waals surface area contributed by atoms with Crippen LogP contribution in [0.1, 0.15) is 18.9 Å². The predicted octanol–water partition coefficient (Wildman–Crippen LogP) is 3.20. The van der Waals surface area contributed by atoms with Crippen LogP contribution in [0.25, 0.3) is 0 Å². The van der Waals surface area contributed by atoms with Crippen molar-refractivity contribution in [1.29, 1.82) is 0 Å². The van der Waals surface area contributed by atoms with Gasteiger partial charge in [-0.2, -0.15) is 0 Å². The minimum atomic E-state index is -3.32. The van der Waals surface area contributed by atoms with E-state index < -0.39 is 10.0 Å². The van der Waals surface area contributed by atoms with Crippen molar-refractivity contribution in [3.05, 3.63) is 60.2 Å². The van der Waals surface area contributed by atoms with E-state index in [0.717, 1.165) is 44.8 Å². The highest BCUT2D eigenvalue weighted by molar-refractivity contribution is 7.92. The molecule has 1 aliphatic rings. The van der Waals surface area contributed by atoms with Crippen LogP contribution >= 0.6 is 0 Å². The van der Waals surface area contributed by atoms with Gasteiger partial charge in [-0.15, -0.1) is 0 Å². The third-order valence-electron chi connectivity index (χ3n) is 5.05. The Labute approximate surface area is 163 Å². The molecule has 0 bridgehead atoms. The molecule has 1 heterocycles. The van der Waals surface area contributed by atoms with Gasteiger partial charge >= 0.3 is 0 Å². The van der Waals surface area contributed by atoms with Gasteiger partial charge in [-0.05, 0) is 49.2 Å². The monoisotopic (exact) mass is 387 g/mol. The number of likely N-dealkylation sites (N-methyl/N-ethyl adjacent to an activating group) is 1. The summed E-state index contributed by atoms with van der Waals surface area (Å²) in [4.78, 5) is 4.79. The van der Waals surface area contributed by atoms with Gasteiger partial charge in [0.15, 0.2) is 0 Å². The van der Waals surface area contributed by atoms with Crippen molar-refractivity contribution >= 4 is 21.4 Å². The Kier molecular flexibility index (Phi) is 6.74. The van der Waals surface area contributed by atoms with Crippen molar-refractivity contribution < 1.29 is 8.42 Å². The topological polar surface area (TPSA) is 52.6 Å². The second-order valence-corrected chi connectivity index (χ2v) is 8.82. The fraction of sp³-hybridized carbons (Fsp3) is 0.429. The van der Waals surface area contributed by atoms with Crippen LogP contribution in [0.4, 0.5) is 11.4 Å². The minimum Gasteiger partial charge on any atom is -0.369 e. The van der Waals surface area contributed by atoms with Gasteiger partial charge < -0.3 is 9.80 Å². The van der Waals surface area contributed by atoms with E-state index in [-0.39, 0.29) is 5.75 Å². The third kappa shape index (κ3) is 5.97. The molecular weight excluding hydrogens is 358 g/mol. The number of anilines is 2. The van der Waals surface area contributed by atoms with Crippen molar-refractivity contribution in [2.24, 2.45) is 0 Å². The Morgan fingerprint density at radius 2 is 1.59 bits per heavy atom. The van der Waals surface area contributed by atoms with Crippen LogP contribution in [0, 0.1) is 0 Å². The van der Waals surface area contributed by atoms with Crippen LogP contribution in [0.3, 0.4) is 0 Å². The molecule has 1 N–H and O–H groups in total. The van der Waals surface area contributed by atoms with Crippen molar-refractivity contribution in [2.75, 3.05) is 48.1 Å². The van der Waals surface area contributed by atoms with Crippen molar-refractivity contribution in [3.8, 4) is 0 Å². The number of sulfonamides is 1. The zero-order valence-electron chi connectivity index (χ0n) is 16.0. The molecule has 0 atom stereocenters. The van der Waals surface area contributed by atoms with E-state index in [2.05, 4.69) is 21.4 Å². The molecule has 0 amide bonds. The largest absolute Gasteiger partial charge is 0.369 e. The molecule has 2 aromatic rings. The number of benzene rings is 2. The minimum absolute atomic E-state index is 0.128. The molecule has 27 heavy (non-hydrogen) atoms. The molecule has 3 rings (SSSR count). The van der Waals surface area contributed by atoms with Gasteiger partial charge in [0.2, 0.25) is 10.0 Å². The fourth-order valence-corrected chi connectivity index (χ4v) is 4.53. The summed E-state index contributed by atoms with van der Waals surface area (Å²) in [6.07, 6.45) is 1.38. The molecular formula is C21H29N3O2S. The average molecular weight is 388 g/mol. The summed E-state index contributed by atoms with van der Waals surface area (Å²) < 4.78 is 27.3. The Morgan fingerprint density at radius 3 is 2.22 bits per heavy atom. The summed E-state index contributed by atoms with van der Waals surface area (Å²) >= 11 is 0. The number of hydrogen-bond donors (Lipinski definition) is 1. The maximum Gasteiger partial charge on any atom is 0.232 e. The molecule has 0 saturated carbocycles. The van der Waals surface area contributed by atoms with Gasteiger partial charge in [-0.3, -0.25) is 4.72 Å². The molecule has 1 saturated heterocycles. The highest BCUT2D eigenvalue weighted by atomic mass is 32.2. The van der Waals surface area contributed by atoms with E-state index in [1.807, 2.05) is 54.6 Å². The summed E-state index contributed by atoms with van der Waals surface area (Å²) in [5.74, 6) is 0.128. The van der Waals surface area contributed by atoms with Crippen LogP contribution in [-0.4, -0.2) is 51.8 Å². The van der Waals surface area contributed by atoms with Crippen LogP contribution in [0.15, 0.2) is 54.6 Å². The summed E-state index contributed by atoms with van der Waals surface area (Å²) in [6.45, 7) is 7.46. The second-order valence-electron chi connectivity index (χ2n) is 6.98. The van der Waals surface area contributed by atoms with Crippen molar-refractivity contribution in [3.63, 3.8) is 0 Å². The molecule has 0 aliphatic carbocycles. The SMILES string of the molecule is CCN1CCN(c2ccc(NS(=O)(=O)CCCc3ccccc3)cc2)CC1.